The SMILES string of the molecule is Cc1cccc(COc2cc(F)ccc2B(O)O)n1. The summed E-state index contributed by atoms with van der Waals surface area (Å²) in [6, 6.07) is 9.01. The fourth-order valence-electron chi connectivity index (χ4n) is 1.68. The van der Waals surface area contributed by atoms with Crippen LogP contribution in [-0.2, 0) is 6.61 Å². The maximum atomic E-state index is 13.1. The molecule has 0 unspecified atom stereocenters. The molecular formula is C13H13BFNO3. The minimum absolute atomic E-state index is 0.0957. The third kappa shape index (κ3) is 3.53. The van der Waals surface area contributed by atoms with E-state index in [-0.39, 0.29) is 17.8 Å². The van der Waals surface area contributed by atoms with Gasteiger partial charge in [-0.1, -0.05) is 12.1 Å². The first-order chi connectivity index (χ1) is 9.06. The summed E-state index contributed by atoms with van der Waals surface area (Å²) in [6.07, 6.45) is 0. The van der Waals surface area contributed by atoms with Gasteiger partial charge in [-0.25, -0.2) is 4.39 Å². The van der Waals surface area contributed by atoms with E-state index in [0.717, 1.165) is 17.8 Å². The Hall–Kier alpha value is -1.92. The van der Waals surface area contributed by atoms with Gasteiger partial charge in [-0.05, 0) is 25.1 Å². The van der Waals surface area contributed by atoms with Crippen molar-refractivity contribution in [1.29, 1.82) is 0 Å². The van der Waals surface area contributed by atoms with Crippen LogP contribution in [0.15, 0.2) is 36.4 Å². The van der Waals surface area contributed by atoms with Gasteiger partial charge in [0, 0.05) is 17.2 Å². The zero-order chi connectivity index (χ0) is 13.8. The van der Waals surface area contributed by atoms with Crippen molar-refractivity contribution in [1.82, 2.24) is 4.98 Å². The van der Waals surface area contributed by atoms with E-state index in [2.05, 4.69) is 4.98 Å². The van der Waals surface area contributed by atoms with Gasteiger partial charge in [-0.15, -0.1) is 0 Å². The Kier molecular flexibility index (Phi) is 4.14. The van der Waals surface area contributed by atoms with Crippen molar-refractivity contribution < 1.29 is 19.2 Å². The molecule has 0 saturated carbocycles. The molecule has 0 radical (unpaired) electrons. The van der Waals surface area contributed by atoms with E-state index >= 15 is 0 Å². The second kappa shape index (κ2) is 5.82. The van der Waals surface area contributed by atoms with Crippen LogP contribution in [0.1, 0.15) is 11.4 Å². The molecule has 1 heterocycles. The number of aromatic nitrogens is 1. The molecule has 0 aliphatic heterocycles. The molecule has 1 aromatic carbocycles. The largest absolute Gasteiger partial charge is 0.492 e. The Bertz CT molecular complexity index is 578. The number of pyridine rings is 1. The van der Waals surface area contributed by atoms with Crippen LogP contribution in [0.3, 0.4) is 0 Å². The second-order valence-corrected chi connectivity index (χ2v) is 4.11. The number of aryl methyl sites for hydroxylation is 1. The molecule has 2 aromatic rings. The molecule has 0 amide bonds. The quantitative estimate of drug-likeness (QED) is 0.798. The molecule has 0 bridgehead atoms. The van der Waals surface area contributed by atoms with Gasteiger partial charge in [0.05, 0.1) is 5.69 Å². The molecule has 98 valence electrons. The number of rotatable bonds is 4. The number of hydrogen-bond acceptors (Lipinski definition) is 4. The topological polar surface area (TPSA) is 62.6 Å². The van der Waals surface area contributed by atoms with Gasteiger partial charge in [0.1, 0.15) is 18.2 Å². The van der Waals surface area contributed by atoms with E-state index in [1.807, 2.05) is 19.1 Å². The van der Waals surface area contributed by atoms with Crippen molar-refractivity contribution in [3.8, 4) is 5.75 Å². The summed E-state index contributed by atoms with van der Waals surface area (Å²) >= 11 is 0. The van der Waals surface area contributed by atoms with Crippen LogP contribution in [0.2, 0.25) is 0 Å². The Morgan fingerprint density at radius 2 is 2.05 bits per heavy atom. The molecule has 1 aromatic heterocycles. The van der Waals surface area contributed by atoms with Gasteiger partial charge in [-0.3, -0.25) is 4.98 Å². The Labute approximate surface area is 110 Å². The highest BCUT2D eigenvalue weighted by molar-refractivity contribution is 6.59. The smallest absolute Gasteiger partial charge is 0.488 e. The first-order valence-electron chi connectivity index (χ1n) is 5.77. The summed E-state index contributed by atoms with van der Waals surface area (Å²) in [4.78, 5) is 4.24. The third-order valence-electron chi connectivity index (χ3n) is 2.58. The lowest BCUT2D eigenvalue weighted by molar-refractivity contribution is 0.300. The summed E-state index contributed by atoms with van der Waals surface area (Å²) in [6.45, 7) is 1.99. The van der Waals surface area contributed by atoms with Crippen LogP contribution in [-0.4, -0.2) is 22.2 Å². The van der Waals surface area contributed by atoms with Crippen LogP contribution in [0.25, 0.3) is 0 Å². The summed E-state index contributed by atoms with van der Waals surface area (Å²) in [7, 11) is -1.71. The van der Waals surface area contributed by atoms with Crippen molar-refractivity contribution in [3.05, 3.63) is 53.6 Å². The predicted octanol–water partition coefficient (Wildman–Crippen LogP) is 0.788. The fraction of sp³-hybridized carbons (Fsp3) is 0.154. The highest BCUT2D eigenvalue weighted by Gasteiger charge is 2.17. The molecule has 4 nitrogen and oxygen atoms in total. The minimum Gasteiger partial charge on any atom is -0.488 e. The van der Waals surface area contributed by atoms with E-state index in [0.29, 0.717) is 5.69 Å². The van der Waals surface area contributed by atoms with Crippen LogP contribution in [0.4, 0.5) is 4.39 Å². The average molecular weight is 261 g/mol. The molecular weight excluding hydrogens is 248 g/mol. The van der Waals surface area contributed by atoms with Crippen LogP contribution >= 0.6 is 0 Å². The van der Waals surface area contributed by atoms with Crippen molar-refractivity contribution in [2.45, 2.75) is 13.5 Å². The maximum Gasteiger partial charge on any atom is 0.492 e. The lowest BCUT2D eigenvalue weighted by atomic mass is 9.79. The molecule has 0 spiro atoms. The van der Waals surface area contributed by atoms with Gasteiger partial charge in [-0.2, -0.15) is 0 Å². The standard InChI is InChI=1S/C13H13BFNO3/c1-9-3-2-4-11(16-9)8-19-13-7-10(15)5-6-12(13)14(17)18/h2-7,17-18H,8H2,1H3. The van der Waals surface area contributed by atoms with Gasteiger partial charge in [0.2, 0.25) is 0 Å². The summed E-state index contributed by atoms with van der Waals surface area (Å²) in [5.74, 6) is -0.407. The van der Waals surface area contributed by atoms with E-state index in [1.54, 1.807) is 6.07 Å². The number of ether oxygens (including phenoxy) is 1. The molecule has 19 heavy (non-hydrogen) atoms. The molecule has 0 atom stereocenters. The summed E-state index contributed by atoms with van der Waals surface area (Å²) < 4.78 is 18.5. The van der Waals surface area contributed by atoms with Crippen LogP contribution in [0, 0.1) is 12.7 Å². The van der Waals surface area contributed by atoms with E-state index < -0.39 is 12.9 Å². The molecule has 0 aliphatic rings. The Morgan fingerprint density at radius 3 is 2.74 bits per heavy atom. The highest BCUT2D eigenvalue weighted by Crippen LogP contribution is 2.12. The normalized spacial score (nSPS) is 10.3. The summed E-state index contributed by atoms with van der Waals surface area (Å²) in [5, 5.41) is 18.3. The number of nitrogens with zero attached hydrogens (tertiary/aromatic N) is 1. The Balaban J connectivity index is 2.17. The van der Waals surface area contributed by atoms with E-state index in [1.165, 1.54) is 6.07 Å². The summed E-state index contributed by atoms with van der Waals surface area (Å²) in [5.41, 5.74) is 1.65. The number of halogens is 1. The van der Waals surface area contributed by atoms with Gasteiger partial charge in [0.15, 0.2) is 0 Å². The van der Waals surface area contributed by atoms with Crippen molar-refractivity contribution in [2.24, 2.45) is 0 Å². The van der Waals surface area contributed by atoms with Crippen LogP contribution < -0.4 is 10.2 Å². The highest BCUT2D eigenvalue weighted by atomic mass is 19.1. The molecule has 0 saturated heterocycles. The monoisotopic (exact) mass is 261 g/mol. The maximum absolute atomic E-state index is 13.1. The zero-order valence-electron chi connectivity index (χ0n) is 10.4. The first-order valence-corrected chi connectivity index (χ1v) is 5.77. The van der Waals surface area contributed by atoms with Crippen LogP contribution in [0.5, 0.6) is 5.75 Å². The Morgan fingerprint density at radius 1 is 1.26 bits per heavy atom. The van der Waals surface area contributed by atoms with Crippen molar-refractivity contribution in [3.63, 3.8) is 0 Å². The zero-order valence-corrected chi connectivity index (χ0v) is 10.4. The minimum atomic E-state index is -1.71. The lowest BCUT2D eigenvalue weighted by Gasteiger charge is -2.11. The third-order valence-corrected chi connectivity index (χ3v) is 2.58. The molecule has 6 heteroatoms. The predicted molar refractivity (Wildman–Crippen MR) is 69.5 cm³/mol. The first kappa shape index (κ1) is 13.5. The van der Waals surface area contributed by atoms with E-state index in [9.17, 15) is 14.4 Å². The average Bonchev–Trinajstić information content (AvgIpc) is 2.36. The van der Waals surface area contributed by atoms with Gasteiger partial charge in [0.25, 0.3) is 0 Å². The molecule has 2 N–H and O–H groups in total. The fourth-order valence-corrected chi connectivity index (χ4v) is 1.68. The van der Waals surface area contributed by atoms with E-state index in [4.69, 9.17) is 4.74 Å². The second-order valence-electron chi connectivity index (χ2n) is 4.11. The van der Waals surface area contributed by atoms with Crippen molar-refractivity contribution in [2.75, 3.05) is 0 Å². The van der Waals surface area contributed by atoms with Crippen molar-refractivity contribution >= 4 is 12.6 Å². The number of benzene rings is 1. The van der Waals surface area contributed by atoms with Gasteiger partial charge < -0.3 is 14.8 Å². The lowest BCUT2D eigenvalue weighted by Crippen LogP contribution is -2.31. The number of hydrogen-bond donors (Lipinski definition) is 2. The molecule has 0 fully saturated rings. The molecule has 2 rings (SSSR count). The van der Waals surface area contributed by atoms with Gasteiger partial charge >= 0.3 is 7.12 Å². The molecule has 0 aliphatic carbocycles.